The Hall–Kier alpha value is -2.47. The van der Waals surface area contributed by atoms with Gasteiger partial charge in [0.2, 0.25) is 0 Å². The monoisotopic (exact) mass is 444 g/mol. The fourth-order valence-electron chi connectivity index (χ4n) is 3.71. The van der Waals surface area contributed by atoms with Crippen LogP contribution in [-0.2, 0) is 14.3 Å². The molecule has 1 aliphatic heterocycles. The number of fused-ring (bicyclic) bond motifs is 1. The van der Waals surface area contributed by atoms with Crippen molar-refractivity contribution in [1.82, 2.24) is 0 Å². The molecule has 3 atom stereocenters. The highest BCUT2D eigenvalue weighted by Gasteiger charge is 2.48. The third-order valence-corrected chi connectivity index (χ3v) is 5.46. The van der Waals surface area contributed by atoms with E-state index in [4.69, 9.17) is 9.47 Å². The van der Waals surface area contributed by atoms with E-state index in [2.05, 4.69) is 15.9 Å². The van der Waals surface area contributed by atoms with Crippen molar-refractivity contribution in [2.45, 2.75) is 26.2 Å². The van der Waals surface area contributed by atoms with E-state index in [1.54, 1.807) is 49.4 Å². The van der Waals surface area contributed by atoms with Crippen molar-refractivity contribution in [2.24, 2.45) is 11.8 Å². The SMILES string of the molecule is CCOC(=O)C1C(=O)Oc2ccc(Br)cc2C1C(CC)C(=O)c1ccccc1. The van der Waals surface area contributed by atoms with Gasteiger partial charge in [-0.1, -0.05) is 53.2 Å². The summed E-state index contributed by atoms with van der Waals surface area (Å²) >= 11 is 3.43. The van der Waals surface area contributed by atoms with Crippen LogP contribution in [0.4, 0.5) is 0 Å². The van der Waals surface area contributed by atoms with Gasteiger partial charge in [-0.05, 0) is 31.5 Å². The Morgan fingerprint density at radius 2 is 1.86 bits per heavy atom. The average molecular weight is 445 g/mol. The first-order chi connectivity index (χ1) is 13.5. The average Bonchev–Trinajstić information content (AvgIpc) is 2.69. The van der Waals surface area contributed by atoms with Crippen LogP contribution in [0.5, 0.6) is 5.75 Å². The zero-order valence-electron chi connectivity index (χ0n) is 15.7. The maximum atomic E-state index is 13.3. The summed E-state index contributed by atoms with van der Waals surface area (Å²) in [5.41, 5.74) is 1.20. The van der Waals surface area contributed by atoms with Gasteiger partial charge in [0, 0.05) is 27.4 Å². The summed E-state index contributed by atoms with van der Waals surface area (Å²) in [6.45, 7) is 3.70. The normalized spacial score (nSPS) is 19.3. The molecule has 28 heavy (non-hydrogen) atoms. The highest BCUT2D eigenvalue weighted by Crippen LogP contribution is 2.45. The molecule has 6 heteroatoms. The molecule has 0 radical (unpaired) electrons. The van der Waals surface area contributed by atoms with Crippen LogP contribution in [0.25, 0.3) is 0 Å². The van der Waals surface area contributed by atoms with Crippen LogP contribution in [0.15, 0.2) is 53.0 Å². The molecule has 3 rings (SSSR count). The number of carbonyl (C=O) groups excluding carboxylic acids is 3. The van der Waals surface area contributed by atoms with Gasteiger partial charge in [0.05, 0.1) is 6.61 Å². The Kier molecular flexibility index (Phi) is 6.29. The van der Waals surface area contributed by atoms with Gasteiger partial charge >= 0.3 is 11.9 Å². The van der Waals surface area contributed by atoms with Crippen LogP contribution in [0, 0.1) is 11.8 Å². The summed E-state index contributed by atoms with van der Waals surface area (Å²) in [6.07, 6.45) is 0.466. The lowest BCUT2D eigenvalue weighted by atomic mass is 9.71. The molecular formula is C22H21BrO5. The first kappa shape index (κ1) is 20.3. The van der Waals surface area contributed by atoms with E-state index >= 15 is 0 Å². The van der Waals surface area contributed by atoms with E-state index in [0.717, 1.165) is 4.47 Å². The summed E-state index contributed by atoms with van der Waals surface area (Å²) < 4.78 is 11.3. The number of rotatable bonds is 6. The fourth-order valence-corrected chi connectivity index (χ4v) is 4.09. The smallest absolute Gasteiger partial charge is 0.326 e. The van der Waals surface area contributed by atoms with Gasteiger partial charge in [0.15, 0.2) is 11.7 Å². The van der Waals surface area contributed by atoms with E-state index in [1.807, 2.05) is 13.0 Å². The van der Waals surface area contributed by atoms with Crippen molar-refractivity contribution >= 4 is 33.7 Å². The second-order valence-electron chi connectivity index (χ2n) is 6.60. The van der Waals surface area contributed by atoms with Gasteiger partial charge in [0.1, 0.15) is 5.75 Å². The number of hydrogen-bond acceptors (Lipinski definition) is 5. The third kappa shape index (κ3) is 3.87. The molecule has 146 valence electrons. The predicted octanol–water partition coefficient (Wildman–Crippen LogP) is 4.54. The first-order valence-corrected chi connectivity index (χ1v) is 10.0. The molecule has 0 aromatic heterocycles. The zero-order valence-corrected chi connectivity index (χ0v) is 17.3. The maximum Gasteiger partial charge on any atom is 0.326 e. The minimum Gasteiger partial charge on any atom is -0.465 e. The summed E-state index contributed by atoms with van der Waals surface area (Å²) in [5, 5.41) is 0. The number of Topliss-reactive ketones (excluding diaryl/α,β-unsaturated/α-hetero) is 1. The van der Waals surface area contributed by atoms with Crippen LogP contribution in [-0.4, -0.2) is 24.3 Å². The Morgan fingerprint density at radius 1 is 1.14 bits per heavy atom. The number of ether oxygens (including phenoxy) is 2. The van der Waals surface area contributed by atoms with Crippen molar-refractivity contribution in [3.05, 3.63) is 64.1 Å². The van der Waals surface area contributed by atoms with Crippen LogP contribution in [0.3, 0.4) is 0 Å². The van der Waals surface area contributed by atoms with Gasteiger partial charge in [-0.25, -0.2) is 0 Å². The Bertz CT molecular complexity index is 893. The van der Waals surface area contributed by atoms with Crippen molar-refractivity contribution in [2.75, 3.05) is 6.61 Å². The van der Waals surface area contributed by atoms with Crippen LogP contribution in [0.1, 0.15) is 42.1 Å². The number of ketones is 1. The second kappa shape index (κ2) is 8.69. The van der Waals surface area contributed by atoms with Crippen molar-refractivity contribution in [3.63, 3.8) is 0 Å². The predicted molar refractivity (Wildman–Crippen MR) is 107 cm³/mol. The van der Waals surface area contributed by atoms with Crippen molar-refractivity contribution < 1.29 is 23.9 Å². The Balaban J connectivity index is 2.13. The van der Waals surface area contributed by atoms with Gasteiger partial charge in [-0.3, -0.25) is 14.4 Å². The molecular weight excluding hydrogens is 424 g/mol. The number of hydrogen-bond donors (Lipinski definition) is 0. The molecule has 0 saturated heterocycles. The van der Waals surface area contributed by atoms with Gasteiger partial charge < -0.3 is 9.47 Å². The van der Waals surface area contributed by atoms with E-state index < -0.39 is 29.7 Å². The lowest BCUT2D eigenvalue weighted by Crippen LogP contribution is -2.43. The number of esters is 2. The molecule has 5 nitrogen and oxygen atoms in total. The van der Waals surface area contributed by atoms with E-state index in [1.165, 1.54) is 0 Å². The Labute approximate surface area is 172 Å². The van der Waals surface area contributed by atoms with Gasteiger partial charge in [-0.2, -0.15) is 0 Å². The quantitative estimate of drug-likeness (QED) is 0.283. The molecule has 2 aromatic rings. The largest absolute Gasteiger partial charge is 0.465 e. The summed E-state index contributed by atoms with van der Waals surface area (Å²) in [4.78, 5) is 38.6. The van der Waals surface area contributed by atoms with E-state index in [-0.39, 0.29) is 12.4 Å². The summed E-state index contributed by atoms with van der Waals surface area (Å²) in [6, 6.07) is 14.1. The van der Waals surface area contributed by atoms with Crippen molar-refractivity contribution in [1.29, 1.82) is 0 Å². The minimum absolute atomic E-state index is 0.108. The highest BCUT2D eigenvalue weighted by molar-refractivity contribution is 9.10. The molecule has 0 fully saturated rings. The van der Waals surface area contributed by atoms with Crippen LogP contribution < -0.4 is 4.74 Å². The fraction of sp³-hybridized carbons (Fsp3) is 0.318. The first-order valence-electron chi connectivity index (χ1n) is 9.24. The zero-order chi connectivity index (χ0) is 20.3. The third-order valence-electron chi connectivity index (χ3n) is 4.96. The summed E-state index contributed by atoms with van der Waals surface area (Å²) in [7, 11) is 0. The maximum absolute atomic E-state index is 13.3. The lowest BCUT2D eigenvalue weighted by Gasteiger charge is -2.35. The standard InChI is InChI=1S/C22H21BrO5/c1-3-15(20(24)13-8-6-5-7-9-13)18-16-12-14(23)10-11-17(16)28-22(26)19(18)21(25)27-4-2/h5-12,15,18-19H,3-4H2,1-2H3. The second-order valence-corrected chi connectivity index (χ2v) is 7.52. The number of benzene rings is 2. The molecule has 0 N–H and O–H groups in total. The molecule has 0 aliphatic carbocycles. The topological polar surface area (TPSA) is 69.7 Å². The number of halogens is 1. The molecule has 0 saturated carbocycles. The van der Waals surface area contributed by atoms with Crippen LogP contribution in [0.2, 0.25) is 0 Å². The molecule has 2 aromatic carbocycles. The van der Waals surface area contributed by atoms with Crippen LogP contribution >= 0.6 is 15.9 Å². The highest BCUT2D eigenvalue weighted by atomic mass is 79.9. The molecule has 3 unspecified atom stereocenters. The molecule has 0 bridgehead atoms. The molecule has 0 amide bonds. The number of carbonyl (C=O) groups is 3. The Morgan fingerprint density at radius 3 is 2.50 bits per heavy atom. The van der Waals surface area contributed by atoms with Gasteiger partial charge in [-0.15, -0.1) is 0 Å². The van der Waals surface area contributed by atoms with E-state index in [0.29, 0.717) is 23.3 Å². The summed E-state index contributed by atoms with van der Waals surface area (Å²) in [5.74, 6) is -3.50. The van der Waals surface area contributed by atoms with Gasteiger partial charge in [0.25, 0.3) is 0 Å². The minimum atomic E-state index is -1.18. The van der Waals surface area contributed by atoms with Crippen molar-refractivity contribution in [3.8, 4) is 5.75 Å². The van der Waals surface area contributed by atoms with E-state index in [9.17, 15) is 14.4 Å². The lowest BCUT2D eigenvalue weighted by molar-refractivity contribution is -0.160. The molecule has 1 heterocycles. The molecule has 1 aliphatic rings. The molecule has 0 spiro atoms.